The van der Waals surface area contributed by atoms with Crippen LogP contribution in [0.25, 0.3) is 0 Å². The largest absolute Gasteiger partial charge is 0.0998 e. The highest BCUT2D eigenvalue weighted by atomic mass is 14.0. The van der Waals surface area contributed by atoms with E-state index in [1.807, 2.05) is 0 Å². The molecule has 1 aromatic carbocycles. The minimum atomic E-state index is 1.00. The van der Waals surface area contributed by atoms with Gasteiger partial charge in [0, 0.05) is 0 Å². The van der Waals surface area contributed by atoms with Crippen LogP contribution in [0.15, 0.2) is 30.4 Å². The molecule has 0 aliphatic carbocycles. The van der Waals surface area contributed by atoms with E-state index in [-0.39, 0.29) is 0 Å². The first kappa shape index (κ1) is 9.05. The maximum absolute atomic E-state index is 3.90. The summed E-state index contributed by atoms with van der Waals surface area (Å²) in [5, 5.41) is 0. The molecule has 0 aliphatic heterocycles. The predicted molar refractivity (Wildman–Crippen MR) is 54.4 cm³/mol. The second kappa shape index (κ2) is 3.57. The van der Waals surface area contributed by atoms with E-state index in [0.29, 0.717) is 0 Å². The molecule has 12 heavy (non-hydrogen) atoms. The Kier molecular flexibility index (Phi) is 2.69. The van der Waals surface area contributed by atoms with Crippen molar-refractivity contribution >= 4 is 0 Å². The number of hydrogen-bond donors (Lipinski definition) is 0. The average molecular weight is 160 g/mol. The first-order valence-electron chi connectivity index (χ1n) is 4.30. The summed E-state index contributed by atoms with van der Waals surface area (Å²) >= 11 is 0. The number of benzene rings is 1. The molecule has 0 heteroatoms. The zero-order valence-corrected chi connectivity index (χ0v) is 8.15. The molecule has 0 radical (unpaired) electrons. The summed E-state index contributed by atoms with van der Waals surface area (Å²) in [5.41, 5.74) is 5.32. The maximum atomic E-state index is 3.90. The van der Waals surface area contributed by atoms with Gasteiger partial charge < -0.3 is 0 Å². The van der Waals surface area contributed by atoms with Crippen LogP contribution in [-0.4, -0.2) is 0 Å². The number of rotatable bonds is 2. The van der Waals surface area contributed by atoms with Gasteiger partial charge in [-0.3, -0.25) is 0 Å². The average Bonchev–Trinajstić information content (AvgIpc) is 1.96. The molecular weight excluding hydrogens is 144 g/mol. The van der Waals surface area contributed by atoms with Crippen molar-refractivity contribution in [3.63, 3.8) is 0 Å². The lowest BCUT2D eigenvalue weighted by molar-refractivity contribution is 1.14. The van der Waals surface area contributed by atoms with Crippen LogP contribution < -0.4 is 0 Å². The highest BCUT2D eigenvalue weighted by Gasteiger charge is 1.95. The normalized spacial score (nSPS) is 9.92. The standard InChI is InChI=1S/C12H16/c1-9(2)7-12-6-5-10(3)11(4)8-12/h5-6,8H,1,7H2,2-4H3. The Morgan fingerprint density at radius 3 is 2.42 bits per heavy atom. The fourth-order valence-corrected chi connectivity index (χ4v) is 1.26. The van der Waals surface area contributed by atoms with E-state index in [9.17, 15) is 0 Å². The molecule has 0 aromatic heterocycles. The Bertz CT molecular complexity index is 295. The number of allylic oxidation sites excluding steroid dienone is 1. The molecule has 0 heterocycles. The Balaban J connectivity index is 2.89. The summed E-state index contributed by atoms with van der Waals surface area (Å²) in [6.45, 7) is 10.3. The van der Waals surface area contributed by atoms with Gasteiger partial charge in [-0.1, -0.05) is 30.4 Å². The molecule has 0 bridgehead atoms. The van der Waals surface area contributed by atoms with E-state index in [1.54, 1.807) is 0 Å². The van der Waals surface area contributed by atoms with Gasteiger partial charge in [-0.25, -0.2) is 0 Å². The quantitative estimate of drug-likeness (QED) is 0.581. The van der Waals surface area contributed by atoms with E-state index < -0.39 is 0 Å². The van der Waals surface area contributed by atoms with Gasteiger partial charge in [-0.05, 0) is 43.9 Å². The lowest BCUT2D eigenvalue weighted by atomic mass is 10.0. The Hall–Kier alpha value is -1.04. The van der Waals surface area contributed by atoms with Gasteiger partial charge in [0.25, 0.3) is 0 Å². The zero-order chi connectivity index (χ0) is 9.14. The SMILES string of the molecule is C=C(C)Cc1ccc(C)c(C)c1. The van der Waals surface area contributed by atoms with Crippen LogP contribution in [0, 0.1) is 13.8 Å². The Labute approximate surface area is 74.9 Å². The first-order chi connectivity index (χ1) is 5.59. The molecule has 1 aromatic rings. The van der Waals surface area contributed by atoms with Gasteiger partial charge in [0.15, 0.2) is 0 Å². The van der Waals surface area contributed by atoms with Gasteiger partial charge >= 0.3 is 0 Å². The van der Waals surface area contributed by atoms with Crippen LogP contribution in [0.5, 0.6) is 0 Å². The van der Waals surface area contributed by atoms with Crippen molar-refractivity contribution in [3.8, 4) is 0 Å². The maximum Gasteiger partial charge on any atom is -0.00725 e. The minimum absolute atomic E-state index is 1.00. The number of hydrogen-bond acceptors (Lipinski definition) is 0. The summed E-state index contributed by atoms with van der Waals surface area (Å²) in [6.07, 6.45) is 1.00. The van der Waals surface area contributed by atoms with Gasteiger partial charge in [-0.2, -0.15) is 0 Å². The Morgan fingerprint density at radius 1 is 1.25 bits per heavy atom. The molecule has 0 spiro atoms. The molecule has 1 rings (SSSR count). The molecule has 64 valence electrons. The van der Waals surface area contributed by atoms with Gasteiger partial charge in [0.2, 0.25) is 0 Å². The van der Waals surface area contributed by atoms with Gasteiger partial charge in [0.05, 0.1) is 0 Å². The van der Waals surface area contributed by atoms with E-state index >= 15 is 0 Å². The zero-order valence-electron chi connectivity index (χ0n) is 8.15. The van der Waals surface area contributed by atoms with Crippen molar-refractivity contribution in [1.29, 1.82) is 0 Å². The first-order valence-corrected chi connectivity index (χ1v) is 4.30. The van der Waals surface area contributed by atoms with E-state index in [4.69, 9.17) is 0 Å². The third kappa shape index (κ3) is 2.23. The number of aryl methyl sites for hydroxylation is 2. The molecule has 0 amide bonds. The van der Waals surface area contributed by atoms with E-state index in [1.165, 1.54) is 22.3 Å². The third-order valence-corrected chi connectivity index (χ3v) is 2.08. The van der Waals surface area contributed by atoms with Crippen molar-refractivity contribution in [3.05, 3.63) is 47.0 Å². The van der Waals surface area contributed by atoms with Crippen LogP contribution in [-0.2, 0) is 6.42 Å². The minimum Gasteiger partial charge on any atom is -0.0998 e. The third-order valence-electron chi connectivity index (χ3n) is 2.08. The summed E-state index contributed by atoms with van der Waals surface area (Å²) in [6, 6.07) is 6.59. The second-order valence-electron chi connectivity index (χ2n) is 3.55. The fourth-order valence-electron chi connectivity index (χ4n) is 1.26. The highest BCUT2D eigenvalue weighted by Crippen LogP contribution is 2.12. The molecule has 0 N–H and O–H groups in total. The monoisotopic (exact) mass is 160 g/mol. The molecule has 0 fully saturated rings. The molecule has 0 saturated heterocycles. The summed E-state index contributed by atoms with van der Waals surface area (Å²) < 4.78 is 0. The lowest BCUT2D eigenvalue weighted by Crippen LogP contribution is -1.88. The van der Waals surface area contributed by atoms with Crippen LogP contribution in [0.3, 0.4) is 0 Å². The predicted octanol–water partition coefficient (Wildman–Crippen LogP) is 3.42. The van der Waals surface area contributed by atoms with Crippen molar-refractivity contribution in [1.82, 2.24) is 0 Å². The Morgan fingerprint density at radius 2 is 1.92 bits per heavy atom. The highest BCUT2D eigenvalue weighted by molar-refractivity contribution is 5.31. The topological polar surface area (TPSA) is 0 Å². The summed E-state index contributed by atoms with van der Waals surface area (Å²) in [4.78, 5) is 0. The van der Waals surface area contributed by atoms with E-state index in [0.717, 1.165) is 6.42 Å². The van der Waals surface area contributed by atoms with Crippen molar-refractivity contribution < 1.29 is 0 Å². The molecule has 0 unspecified atom stereocenters. The molecule has 0 saturated carbocycles. The molecule has 0 atom stereocenters. The fraction of sp³-hybridized carbons (Fsp3) is 0.333. The van der Waals surface area contributed by atoms with E-state index in [2.05, 4.69) is 45.5 Å². The summed E-state index contributed by atoms with van der Waals surface area (Å²) in [7, 11) is 0. The van der Waals surface area contributed by atoms with Crippen molar-refractivity contribution in [2.24, 2.45) is 0 Å². The van der Waals surface area contributed by atoms with Crippen LogP contribution in [0.4, 0.5) is 0 Å². The van der Waals surface area contributed by atoms with Crippen molar-refractivity contribution in [2.75, 3.05) is 0 Å². The molecular formula is C12H16. The van der Waals surface area contributed by atoms with Gasteiger partial charge in [-0.15, -0.1) is 0 Å². The van der Waals surface area contributed by atoms with Gasteiger partial charge in [0.1, 0.15) is 0 Å². The van der Waals surface area contributed by atoms with Crippen LogP contribution in [0.2, 0.25) is 0 Å². The molecule has 0 nitrogen and oxygen atoms in total. The van der Waals surface area contributed by atoms with Crippen molar-refractivity contribution in [2.45, 2.75) is 27.2 Å². The summed E-state index contributed by atoms with van der Waals surface area (Å²) in [5.74, 6) is 0. The van der Waals surface area contributed by atoms with Crippen LogP contribution in [0.1, 0.15) is 23.6 Å². The second-order valence-corrected chi connectivity index (χ2v) is 3.55. The van der Waals surface area contributed by atoms with Crippen LogP contribution >= 0.6 is 0 Å². The molecule has 0 aliphatic rings. The smallest absolute Gasteiger partial charge is 0.00725 e. The lowest BCUT2D eigenvalue weighted by Gasteiger charge is -2.04.